The largest absolute Gasteiger partial charge is 0.378 e. The molecule has 1 fully saturated rings. The highest BCUT2D eigenvalue weighted by molar-refractivity contribution is 7.89. The van der Waals surface area contributed by atoms with Crippen LogP contribution in [0.2, 0.25) is 5.02 Å². The van der Waals surface area contributed by atoms with Crippen molar-refractivity contribution in [3.8, 4) is 0 Å². The van der Waals surface area contributed by atoms with E-state index >= 15 is 0 Å². The molecule has 228 valence electrons. The number of nitrogens with one attached hydrogen (secondary N) is 1. The highest BCUT2D eigenvalue weighted by Crippen LogP contribution is 2.23. The molecule has 1 saturated heterocycles. The van der Waals surface area contributed by atoms with Crippen LogP contribution in [0.3, 0.4) is 0 Å². The van der Waals surface area contributed by atoms with Crippen molar-refractivity contribution in [2.75, 3.05) is 31.2 Å². The average Bonchev–Trinajstić information content (AvgIpc) is 3.05. The van der Waals surface area contributed by atoms with Gasteiger partial charge in [-0.05, 0) is 84.3 Å². The lowest BCUT2D eigenvalue weighted by atomic mass is 10.1. The minimum absolute atomic E-state index is 0.0220. The molecule has 1 aliphatic heterocycles. The summed E-state index contributed by atoms with van der Waals surface area (Å²) in [5, 5.41) is 4.72. The van der Waals surface area contributed by atoms with Gasteiger partial charge in [0.25, 0.3) is 5.91 Å². The fourth-order valence-electron chi connectivity index (χ4n) is 4.75. The van der Waals surface area contributed by atoms with Crippen LogP contribution in [0.15, 0.2) is 107 Å². The number of rotatable bonds is 10. The minimum Gasteiger partial charge on any atom is -0.378 e. The molecule has 0 radical (unpaired) electrons. The summed E-state index contributed by atoms with van der Waals surface area (Å²) in [6.07, 6.45) is 0. The number of amides is 1. The summed E-state index contributed by atoms with van der Waals surface area (Å²) in [7, 11) is -3.93. The molecule has 44 heavy (non-hydrogen) atoms. The molecule has 0 atom stereocenters. The Morgan fingerprint density at radius 2 is 1.52 bits per heavy atom. The Bertz CT molecular complexity index is 1730. The summed E-state index contributed by atoms with van der Waals surface area (Å²) in [4.78, 5) is 15.2. The van der Waals surface area contributed by atoms with Crippen LogP contribution in [-0.2, 0) is 27.8 Å². The molecule has 0 spiro atoms. The summed E-state index contributed by atoms with van der Waals surface area (Å²) < 4.78 is 47.4. The van der Waals surface area contributed by atoms with E-state index in [0.29, 0.717) is 40.6 Å². The van der Waals surface area contributed by atoms with Crippen LogP contribution in [0.4, 0.5) is 10.1 Å². The molecule has 4 aromatic rings. The number of anilines is 1. The molecule has 8 nitrogen and oxygen atoms in total. The molecule has 0 bridgehead atoms. The average molecular weight is 635 g/mol. The van der Waals surface area contributed by atoms with Gasteiger partial charge in [0, 0.05) is 42.5 Å². The number of hydrazone groups is 1. The standard InChI is InChI=1S/C33H32ClFN4O4S/c1-24(28-3-2-4-31(21-28)38-17-19-43-20-18-38)36-37-33(40)27-9-5-25(6-10-27)22-39(23-26-7-13-30(35)14-8-26)44(41,42)32-15-11-29(34)12-16-32/h2-16,21H,17-20,22-23H2,1H3,(H,37,40)/b36-24-. The third-order valence-corrected chi connectivity index (χ3v) is 9.32. The fourth-order valence-corrected chi connectivity index (χ4v) is 6.30. The van der Waals surface area contributed by atoms with E-state index in [9.17, 15) is 17.6 Å². The molecule has 4 aromatic carbocycles. The quantitative estimate of drug-likeness (QED) is 0.174. The Morgan fingerprint density at radius 3 is 2.16 bits per heavy atom. The smallest absolute Gasteiger partial charge is 0.271 e. The number of hydrogen-bond donors (Lipinski definition) is 1. The first-order valence-electron chi connectivity index (χ1n) is 14.1. The van der Waals surface area contributed by atoms with E-state index < -0.39 is 21.7 Å². The molecule has 1 aliphatic rings. The Kier molecular flexibility index (Phi) is 10.1. The molecule has 1 N–H and O–H groups in total. The van der Waals surface area contributed by atoms with E-state index in [1.807, 2.05) is 31.2 Å². The molecule has 0 aromatic heterocycles. The number of morpholine rings is 1. The number of sulfonamides is 1. The lowest BCUT2D eigenvalue weighted by molar-refractivity contribution is 0.0954. The van der Waals surface area contributed by atoms with Gasteiger partial charge in [-0.1, -0.05) is 48.0 Å². The number of halogens is 2. The number of ether oxygens (including phenoxy) is 1. The van der Waals surface area contributed by atoms with Crippen LogP contribution in [0.5, 0.6) is 0 Å². The van der Waals surface area contributed by atoms with Crippen LogP contribution in [0.25, 0.3) is 0 Å². The summed E-state index contributed by atoms with van der Waals surface area (Å²) in [6, 6.07) is 26.3. The molecule has 11 heteroatoms. The Labute approximate surface area is 261 Å². The molecule has 0 saturated carbocycles. The second kappa shape index (κ2) is 14.1. The van der Waals surface area contributed by atoms with Gasteiger partial charge in [0.2, 0.25) is 10.0 Å². The molecule has 1 amide bonds. The third kappa shape index (κ3) is 7.89. The van der Waals surface area contributed by atoms with E-state index in [1.165, 1.54) is 40.7 Å². The highest BCUT2D eigenvalue weighted by Gasteiger charge is 2.25. The number of carbonyl (C=O) groups is 1. The Hall–Kier alpha value is -4.09. The van der Waals surface area contributed by atoms with Crippen molar-refractivity contribution < 1.29 is 22.3 Å². The van der Waals surface area contributed by atoms with Crippen molar-refractivity contribution in [1.29, 1.82) is 0 Å². The zero-order valence-corrected chi connectivity index (χ0v) is 25.7. The van der Waals surface area contributed by atoms with Gasteiger partial charge in [-0.25, -0.2) is 18.2 Å². The summed E-state index contributed by atoms with van der Waals surface area (Å²) >= 11 is 5.97. The van der Waals surface area contributed by atoms with E-state index in [0.717, 1.165) is 24.3 Å². The second-order valence-electron chi connectivity index (χ2n) is 10.3. The van der Waals surface area contributed by atoms with Crippen molar-refractivity contribution in [2.24, 2.45) is 5.10 Å². The molecule has 5 rings (SSSR count). The van der Waals surface area contributed by atoms with Gasteiger partial charge in [-0.15, -0.1) is 0 Å². The van der Waals surface area contributed by atoms with E-state index in [2.05, 4.69) is 15.4 Å². The van der Waals surface area contributed by atoms with Crippen molar-refractivity contribution in [2.45, 2.75) is 24.9 Å². The Morgan fingerprint density at radius 1 is 0.909 bits per heavy atom. The van der Waals surface area contributed by atoms with Crippen LogP contribution >= 0.6 is 11.6 Å². The lowest BCUT2D eigenvalue weighted by Crippen LogP contribution is -2.36. The first-order chi connectivity index (χ1) is 21.2. The molecule has 0 unspecified atom stereocenters. The van der Waals surface area contributed by atoms with Gasteiger partial charge < -0.3 is 9.64 Å². The second-order valence-corrected chi connectivity index (χ2v) is 12.7. The van der Waals surface area contributed by atoms with Gasteiger partial charge in [0.1, 0.15) is 5.82 Å². The zero-order valence-electron chi connectivity index (χ0n) is 24.1. The predicted octanol–water partition coefficient (Wildman–Crippen LogP) is 5.86. The normalized spacial score (nSPS) is 14.1. The monoisotopic (exact) mass is 634 g/mol. The maximum absolute atomic E-state index is 13.6. The minimum atomic E-state index is -3.93. The summed E-state index contributed by atoms with van der Waals surface area (Å²) in [5.41, 5.74) is 6.92. The topological polar surface area (TPSA) is 91.3 Å². The van der Waals surface area contributed by atoms with E-state index in [4.69, 9.17) is 16.3 Å². The van der Waals surface area contributed by atoms with E-state index in [1.54, 1.807) is 36.4 Å². The maximum atomic E-state index is 13.6. The fraction of sp³-hybridized carbons (Fsp3) is 0.212. The van der Waals surface area contributed by atoms with E-state index in [-0.39, 0.29) is 18.0 Å². The SMILES string of the molecule is C/C(=N/NC(=O)c1ccc(CN(Cc2ccc(F)cc2)S(=O)(=O)c2ccc(Cl)cc2)cc1)c1cccc(N2CCOCC2)c1. The molecule has 0 aliphatic carbocycles. The molecule has 1 heterocycles. The van der Waals surface area contributed by atoms with Gasteiger partial charge in [-0.3, -0.25) is 4.79 Å². The highest BCUT2D eigenvalue weighted by atomic mass is 35.5. The Balaban J connectivity index is 1.28. The van der Waals surface area contributed by atoms with Crippen LogP contribution in [0, 0.1) is 5.82 Å². The van der Waals surface area contributed by atoms with Crippen molar-refractivity contribution in [3.05, 3.63) is 130 Å². The van der Waals surface area contributed by atoms with Gasteiger partial charge in [0.15, 0.2) is 0 Å². The van der Waals surface area contributed by atoms with Crippen LogP contribution < -0.4 is 10.3 Å². The number of nitrogens with zero attached hydrogens (tertiary/aromatic N) is 3. The number of carbonyl (C=O) groups excluding carboxylic acids is 1. The van der Waals surface area contributed by atoms with Gasteiger partial charge in [0.05, 0.1) is 23.8 Å². The predicted molar refractivity (Wildman–Crippen MR) is 170 cm³/mol. The van der Waals surface area contributed by atoms with Crippen LogP contribution in [0.1, 0.15) is 34.0 Å². The molecular formula is C33H32ClFN4O4S. The maximum Gasteiger partial charge on any atom is 0.271 e. The van der Waals surface area contributed by atoms with Crippen LogP contribution in [-0.4, -0.2) is 50.6 Å². The van der Waals surface area contributed by atoms with Crippen molar-refractivity contribution >= 4 is 38.9 Å². The first kappa shape index (κ1) is 31.3. The lowest BCUT2D eigenvalue weighted by Gasteiger charge is -2.29. The summed E-state index contributed by atoms with van der Waals surface area (Å²) in [5.74, 6) is -0.798. The summed E-state index contributed by atoms with van der Waals surface area (Å²) in [6.45, 7) is 4.91. The van der Waals surface area contributed by atoms with Crippen molar-refractivity contribution in [3.63, 3.8) is 0 Å². The first-order valence-corrected chi connectivity index (χ1v) is 15.9. The van der Waals surface area contributed by atoms with Gasteiger partial charge >= 0.3 is 0 Å². The number of hydrogen-bond acceptors (Lipinski definition) is 6. The van der Waals surface area contributed by atoms with Crippen molar-refractivity contribution in [1.82, 2.24) is 9.73 Å². The molecular weight excluding hydrogens is 603 g/mol. The number of benzene rings is 4. The van der Waals surface area contributed by atoms with Gasteiger partial charge in [-0.2, -0.15) is 9.41 Å². The third-order valence-electron chi connectivity index (χ3n) is 7.26. The zero-order chi connectivity index (χ0) is 31.1.